The summed E-state index contributed by atoms with van der Waals surface area (Å²) >= 11 is 0. The quantitative estimate of drug-likeness (QED) is 0.734. The van der Waals surface area contributed by atoms with Crippen LogP contribution in [0.4, 0.5) is 10.3 Å². The van der Waals surface area contributed by atoms with Crippen molar-refractivity contribution in [2.24, 2.45) is 0 Å². The van der Waals surface area contributed by atoms with E-state index in [4.69, 9.17) is 0 Å². The van der Waals surface area contributed by atoms with Crippen molar-refractivity contribution in [3.8, 4) is 11.3 Å². The summed E-state index contributed by atoms with van der Waals surface area (Å²) in [6.07, 6.45) is 2.27. The molecule has 124 valence electrons. The van der Waals surface area contributed by atoms with Gasteiger partial charge < -0.3 is 5.32 Å². The Balaban J connectivity index is 1.73. The molecule has 0 fully saturated rings. The molecule has 24 heavy (non-hydrogen) atoms. The first kappa shape index (κ1) is 16.1. The van der Waals surface area contributed by atoms with Crippen LogP contribution >= 0.6 is 0 Å². The average molecular weight is 325 g/mol. The van der Waals surface area contributed by atoms with E-state index in [-0.39, 0.29) is 6.04 Å². The Morgan fingerprint density at radius 2 is 1.71 bits per heavy atom. The van der Waals surface area contributed by atoms with Crippen LogP contribution in [0.15, 0.2) is 42.7 Å². The van der Waals surface area contributed by atoms with E-state index >= 15 is 0 Å². The van der Waals surface area contributed by atoms with Gasteiger partial charge in [-0.3, -0.25) is 5.10 Å². The minimum absolute atomic E-state index is 0.0772. The fraction of sp³-hybridized carbons (Fsp3) is 0.278. The summed E-state index contributed by atoms with van der Waals surface area (Å²) in [5, 5.41) is 10.5. The molecule has 3 rings (SSSR count). The minimum atomic E-state index is -0.457. The molecular weight excluding hydrogens is 305 g/mol. The number of hydrogen-bond donors (Lipinski definition) is 2. The van der Waals surface area contributed by atoms with Gasteiger partial charge in [0.2, 0.25) is 5.95 Å². The molecule has 2 heterocycles. The largest absolute Gasteiger partial charge is 0.346 e. The van der Waals surface area contributed by atoms with E-state index in [1.165, 1.54) is 5.56 Å². The fourth-order valence-corrected chi connectivity index (χ4v) is 2.40. The van der Waals surface area contributed by atoms with E-state index in [9.17, 15) is 4.39 Å². The van der Waals surface area contributed by atoms with Crippen molar-refractivity contribution in [1.29, 1.82) is 0 Å². The van der Waals surface area contributed by atoms with Gasteiger partial charge in [-0.2, -0.15) is 5.10 Å². The normalized spacial score (nSPS) is 12.4. The Morgan fingerprint density at radius 1 is 1.04 bits per heavy atom. The highest BCUT2D eigenvalue weighted by molar-refractivity contribution is 5.60. The molecule has 5 nitrogen and oxygen atoms in total. The number of aromatic amines is 1. The SMILES string of the molecule is CC(C)c1ccc(-c2cc([C@H](C)Nc3ncc(F)cn3)[nH]n2)cc1. The summed E-state index contributed by atoms with van der Waals surface area (Å²) in [6.45, 7) is 6.31. The Kier molecular flexibility index (Phi) is 4.55. The summed E-state index contributed by atoms with van der Waals surface area (Å²) in [6, 6.07) is 10.3. The highest BCUT2D eigenvalue weighted by atomic mass is 19.1. The molecule has 0 aliphatic heterocycles. The predicted molar refractivity (Wildman–Crippen MR) is 92.1 cm³/mol. The molecule has 0 saturated carbocycles. The van der Waals surface area contributed by atoms with Crippen LogP contribution in [0, 0.1) is 5.82 Å². The van der Waals surface area contributed by atoms with Gasteiger partial charge in [0.25, 0.3) is 0 Å². The number of aromatic nitrogens is 4. The number of benzene rings is 1. The molecule has 3 aromatic rings. The zero-order valence-corrected chi connectivity index (χ0v) is 13.9. The Morgan fingerprint density at radius 3 is 2.33 bits per heavy atom. The lowest BCUT2D eigenvalue weighted by Gasteiger charge is -2.11. The van der Waals surface area contributed by atoms with Crippen molar-refractivity contribution in [3.05, 3.63) is 59.8 Å². The molecular formula is C18H20FN5. The Labute approximate surface area is 140 Å². The van der Waals surface area contributed by atoms with Gasteiger partial charge in [-0.1, -0.05) is 38.1 Å². The lowest BCUT2D eigenvalue weighted by molar-refractivity contribution is 0.613. The van der Waals surface area contributed by atoms with E-state index in [0.29, 0.717) is 11.9 Å². The van der Waals surface area contributed by atoms with E-state index in [2.05, 4.69) is 63.6 Å². The molecule has 0 bridgehead atoms. The summed E-state index contributed by atoms with van der Waals surface area (Å²) in [4.78, 5) is 7.81. The molecule has 1 aromatic carbocycles. The second kappa shape index (κ2) is 6.78. The maximum atomic E-state index is 12.8. The first-order valence-electron chi connectivity index (χ1n) is 7.92. The number of nitrogens with one attached hydrogen (secondary N) is 2. The maximum Gasteiger partial charge on any atom is 0.223 e. The summed E-state index contributed by atoms with van der Waals surface area (Å²) in [5.41, 5.74) is 4.16. The summed E-state index contributed by atoms with van der Waals surface area (Å²) < 4.78 is 12.8. The first-order chi connectivity index (χ1) is 11.5. The maximum absolute atomic E-state index is 12.8. The van der Waals surface area contributed by atoms with Crippen LogP contribution in [-0.4, -0.2) is 20.2 Å². The number of rotatable bonds is 5. The van der Waals surface area contributed by atoms with Crippen LogP contribution < -0.4 is 5.32 Å². The summed E-state index contributed by atoms with van der Waals surface area (Å²) in [7, 11) is 0. The zero-order valence-electron chi connectivity index (χ0n) is 13.9. The molecule has 0 saturated heterocycles. The lowest BCUT2D eigenvalue weighted by atomic mass is 10.0. The topological polar surface area (TPSA) is 66.5 Å². The molecule has 0 unspecified atom stereocenters. The smallest absolute Gasteiger partial charge is 0.223 e. The van der Waals surface area contributed by atoms with Gasteiger partial charge in [-0.15, -0.1) is 0 Å². The van der Waals surface area contributed by atoms with Crippen LogP contribution in [-0.2, 0) is 0 Å². The minimum Gasteiger partial charge on any atom is -0.346 e. The van der Waals surface area contributed by atoms with Crippen molar-refractivity contribution >= 4 is 5.95 Å². The van der Waals surface area contributed by atoms with Gasteiger partial charge >= 0.3 is 0 Å². The third-order valence-electron chi connectivity index (χ3n) is 3.90. The number of H-pyrrole nitrogens is 1. The fourth-order valence-electron chi connectivity index (χ4n) is 2.40. The molecule has 0 radical (unpaired) electrons. The third-order valence-corrected chi connectivity index (χ3v) is 3.90. The van der Waals surface area contributed by atoms with Crippen molar-refractivity contribution in [1.82, 2.24) is 20.2 Å². The van der Waals surface area contributed by atoms with Crippen molar-refractivity contribution in [3.63, 3.8) is 0 Å². The van der Waals surface area contributed by atoms with Gasteiger partial charge in [-0.25, -0.2) is 14.4 Å². The second-order valence-corrected chi connectivity index (χ2v) is 6.08. The van der Waals surface area contributed by atoms with Crippen LogP contribution in [0.3, 0.4) is 0 Å². The Hall–Kier alpha value is -2.76. The van der Waals surface area contributed by atoms with Crippen LogP contribution in [0.25, 0.3) is 11.3 Å². The van der Waals surface area contributed by atoms with E-state index in [0.717, 1.165) is 29.3 Å². The second-order valence-electron chi connectivity index (χ2n) is 6.08. The van der Waals surface area contributed by atoms with Crippen molar-refractivity contribution in [2.45, 2.75) is 32.7 Å². The molecule has 0 spiro atoms. The molecule has 0 aliphatic rings. The standard InChI is InChI=1S/C18H20FN5/c1-11(2)13-4-6-14(7-5-13)17-8-16(23-24-17)12(3)22-18-20-9-15(19)10-21-18/h4-12H,1-3H3,(H,23,24)(H,20,21,22)/t12-/m0/s1. The van der Waals surface area contributed by atoms with Crippen LogP contribution in [0.2, 0.25) is 0 Å². The highest BCUT2D eigenvalue weighted by Gasteiger charge is 2.12. The van der Waals surface area contributed by atoms with Gasteiger partial charge in [0, 0.05) is 5.56 Å². The van der Waals surface area contributed by atoms with Crippen LogP contribution in [0.1, 0.15) is 44.0 Å². The number of anilines is 1. The van der Waals surface area contributed by atoms with Crippen molar-refractivity contribution in [2.75, 3.05) is 5.32 Å². The molecule has 2 N–H and O–H groups in total. The number of nitrogens with zero attached hydrogens (tertiary/aromatic N) is 3. The number of hydrogen-bond acceptors (Lipinski definition) is 4. The average Bonchev–Trinajstić information content (AvgIpc) is 3.07. The van der Waals surface area contributed by atoms with Crippen LogP contribution in [0.5, 0.6) is 0 Å². The molecule has 0 aliphatic carbocycles. The third kappa shape index (κ3) is 3.59. The summed E-state index contributed by atoms with van der Waals surface area (Å²) in [5.74, 6) is 0.428. The van der Waals surface area contributed by atoms with E-state index < -0.39 is 5.82 Å². The molecule has 2 aromatic heterocycles. The zero-order chi connectivity index (χ0) is 17.1. The molecule has 6 heteroatoms. The van der Waals surface area contributed by atoms with Gasteiger partial charge in [0.1, 0.15) is 0 Å². The van der Waals surface area contributed by atoms with E-state index in [1.54, 1.807) is 0 Å². The highest BCUT2D eigenvalue weighted by Crippen LogP contribution is 2.24. The van der Waals surface area contributed by atoms with Gasteiger partial charge in [0.05, 0.1) is 29.8 Å². The van der Waals surface area contributed by atoms with Gasteiger partial charge in [-0.05, 0) is 24.5 Å². The Bertz CT molecular complexity index is 793. The van der Waals surface area contributed by atoms with Gasteiger partial charge in [0.15, 0.2) is 5.82 Å². The molecule has 1 atom stereocenters. The predicted octanol–water partition coefficient (Wildman–Crippen LogP) is 4.30. The van der Waals surface area contributed by atoms with E-state index in [1.807, 2.05) is 13.0 Å². The first-order valence-corrected chi connectivity index (χ1v) is 7.92. The lowest BCUT2D eigenvalue weighted by Crippen LogP contribution is -2.09. The monoisotopic (exact) mass is 325 g/mol. The molecule has 0 amide bonds. The number of halogens is 1. The van der Waals surface area contributed by atoms with Crippen molar-refractivity contribution < 1.29 is 4.39 Å².